The molecule has 6 aliphatic heterocycles. The molecular weight excluding hydrogens is 1580 g/mol. The summed E-state index contributed by atoms with van der Waals surface area (Å²) in [7, 11) is 0. The number of carbonyl (C=O) groups is 10. The first-order valence-electron chi connectivity index (χ1n) is 39.3. The summed E-state index contributed by atoms with van der Waals surface area (Å²) < 4.78 is 31.4. The fraction of sp³-hybridized carbons (Fsp3) is 0.452. The molecule has 6 aromatic rings. The van der Waals surface area contributed by atoms with Crippen LogP contribution in [0.5, 0.6) is 51.7 Å². The van der Waals surface area contributed by atoms with Crippen molar-refractivity contribution in [3.05, 3.63) is 141 Å². The molecule has 7 amide bonds. The van der Waals surface area contributed by atoms with Crippen molar-refractivity contribution < 1.29 is 118 Å². The molecule has 6 heterocycles. The topological polar surface area (TPSA) is 509 Å². The molecule has 628 valence electrons. The van der Waals surface area contributed by atoms with E-state index in [0.717, 1.165) is 68.5 Å². The molecule has 14 atom stereocenters. The van der Waals surface area contributed by atoms with Gasteiger partial charge in [-0.3, -0.25) is 48.5 Å². The number of ether oxygens (including phenoxy) is 5. The number of Topliss-reactive ketones (excluding diaryl/α,β-unsaturated/α-hetero) is 3. The van der Waals surface area contributed by atoms with Crippen molar-refractivity contribution in [1.29, 1.82) is 0 Å². The molecular formula is C84H94Cl2N8O24. The number of aliphatic hydroxyl groups is 5. The number of imide groups is 1. The summed E-state index contributed by atoms with van der Waals surface area (Å²) in [5.41, 5.74) is 4.47. The Balaban J connectivity index is 0.968. The molecule has 32 nitrogen and oxygen atoms in total. The number of anilines is 1. The second-order valence-corrected chi connectivity index (χ2v) is 32.8. The van der Waals surface area contributed by atoms with E-state index >= 15 is 28.8 Å². The molecule has 1 saturated heterocycles. The summed E-state index contributed by atoms with van der Waals surface area (Å²) in [6, 6.07) is 11.6. The van der Waals surface area contributed by atoms with Gasteiger partial charge in [0.05, 0.1) is 28.4 Å². The number of urea groups is 1. The highest BCUT2D eigenvalue weighted by atomic mass is 35.5. The van der Waals surface area contributed by atoms with E-state index in [1.54, 1.807) is 6.92 Å². The predicted molar refractivity (Wildman–Crippen MR) is 421 cm³/mol. The third-order valence-corrected chi connectivity index (χ3v) is 24.0. The lowest BCUT2D eigenvalue weighted by Crippen LogP contribution is -2.60. The number of amides is 7. The molecule has 15 bridgehead atoms. The Morgan fingerprint density at radius 3 is 1.92 bits per heavy atom. The van der Waals surface area contributed by atoms with Crippen LogP contribution in [0.25, 0.3) is 11.1 Å². The quantitative estimate of drug-likeness (QED) is 0.0338. The van der Waals surface area contributed by atoms with Crippen LogP contribution in [0.4, 0.5) is 10.5 Å². The number of phenols is 3. The highest BCUT2D eigenvalue weighted by molar-refractivity contribution is 6.32. The van der Waals surface area contributed by atoms with Crippen LogP contribution in [-0.4, -0.2) is 174 Å². The Hall–Kier alpha value is -10.5. The minimum absolute atomic E-state index is 0.0524. The number of halogens is 2. The Labute approximate surface area is 686 Å². The lowest BCUT2D eigenvalue weighted by atomic mass is 9.51. The number of benzene rings is 6. The zero-order valence-electron chi connectivity index (χ0n) is 64.5. The molecule has 0 unspecified atom stereocenters. The van der Waals surface area contributed by atoms with Gasteiger partial charge in [0.25, 0.3) is 0 Å². The second kappa shape index (κ2) is 36.4. The minimum atomic E-state index is -2.23. The van der Waals surface area contributed by atoms with Gasteiger partial charge in [-0.05, 0) is 187 Å². The van der Waals surface area contributed by atoms with E-state index in [0.29, 0.717) is 24.0 Å². The first-order chi connectivity index (χ1) is 56.3. The van der Waals surface area contributed by atoms with E-state index in [4.69, 9.17) is 57.7 Å². The van der Waals surface area contributed by atoms with Crippen LogP contribution in [0, 0.1) is 47.3 Å². The fourth-order valence-electron chi connectivity index (χ4n) is 17.7. The maximum atomic E-state index is 16.6. The van der Waals surface area contributed by atoms with E-state index in [9.17, 15) is 60.0 Å². The number of carbonyl (C=O) groups excluding carboxylic acids is 9. The first-order valence-corrected chi connectivity index (χ1v) is 40.1. The highest BCUT2D eigenvalue weighted by Crippen LogP contribution is 2.58. The van der Waals surface area contributed by atoms with Crippen molar-refractivity contribution in [2.24, 2.45) is 53.1 Å². The summed E-state index contributed by atoms with van der Waals surface area (Å²) >= 11 is 14.3. The number of aliphatic carboxylic acids is 1. The average molecular weight is 1670 g/mol. The van der Waals surface area contributed by atoms with Gasteiger partial charge in [0, 0.05) is 67.6 Å². The number of fused-ring (bicyclic) bond motifs is 15. The summed E-state index contributed by atoms with van der Waals surface area (Å²) in [6.07, 6.45) is -11.5. The predicted octanol–water partition coefficient (Wildman–Crippen LogP) is 7.11. The maximum absolute atomic E-state index is 16.6. The molecule has 6 aromatic carbocycles. The Kier molecular flexibility index (Phi) is 26.3. The van der Waals surface area contributed by atoms with E-state index in [-0.39, 0.29) is 122 Å². The number of rotatable bonds is 20. The minimum Gasteiger partial charge on any atom is -0.508 e. The van der Waals surface area contributed by atoms with E-state index < -0.39 is 204 Å². The Morgan fingerprint density at radius 1 is 0.661 bits per heavy atom. The van der Waals surface area contributed by atoms with Crippen LogP contribution in [-0.2, 0) is 47.9 Å². The van der Waals surface area contributed by atoms with Crippen molar-refractivity contribution in [1.82, 2.24) is 31.9 Å². The summed E-state index contributed by atoms with van der Waals surface area (Å²) in [5.74, 6) is -17.0. The average Bonchev–Trinajstić information content (AvgIpc) is 0.743. The van der Waals surface area contributed by atoms with Crippen LogP contribution < -0.4 is 61.9 Å². The lowest BCUT2D eigenvalue weighted by molar-refractivity contribution is -0.270. The van der Waals surface area contributed by atoms with Gasteiger partial charge in [0.15, 0.2) is 28.8 Å². The molecule has 118 heavy (non-hydrogen) atoms. The number of carboxylic acids is 1. The standard InChI is InChI=1S/C84H94Cl2N8O24/c1-4-39(17-36(2)3)79(109)93-71-58(98)26-46(29-66(101)90-84(113)89-47-8-10-49(11-9-47)114-16-15-88-35-67(102)103)80(110)91-69-45-27-63(115-61-13-6-41(73(71)104)24-54(61)85)78(118-83-77(108)76(107)75(106)65(34-87)117-83)64(28-45)116-62-14-7-42(25-55(62)86)74(105)72-82(112)92-70(60(100)32-50-43-19-37-18-38(21-43)22-44(50)20-37)53-30-48(95)31-57(97)68(53)52-23-40(5-12-56(52)96)51(33-59(69)99)81(111)94-72/h5-14,23-25,27-28,30-31,36-39,43-44,46,50-51,65,69-77,83,88,95-97,104-108H,4,15-22,26,29,32-35,87H2,1-3H3,(H,91,110)(H,92,112)(H,93,109)(H,94,111)(H,102,103)(H2,89,90,101,113)/t37?,38?,39-,43?,44?,46+,50?,51-,65-,69-,70+,71+,72+,73-,74-,75-,76+,77-,83+/m1/s1. The van der Waals surface area contributed by atoms with Crippen LogP contribution in [0.3, 0.4) is 0 Å². The third-order valence-electron chi connectivity index (χ3n) is 23.4. The zero-order chi connectivity index (χ0) is 84.4. The van der Waals surface area contributed by atoms with Crippen molar-refractivity contribution in [2.75, 3.05) is 31.6 Å². The van der Waals surface area contributed by atoms with Gasteiger partial charge in [-0.25, -0.2) is 4.79 Å². The number of nitrogens with two attached hydrogens (primary N) is 1. The van der Waals surface area contributed by atoms with Gasteiger partial charge in [-0.15, -0.1) is 0 Å². The van der Waals surface area contributed by atoms with Crippen molar-refractivity contribution in [3.63, 3.8) is 0 Å². The van der Waals surface area contributed by atoms with Gasteiger partial charge in [-0.1, -0.05) is 62.2 Å². The summed E-state index contributed by atoms with van der Waals surface area (Å²) in [4.78, 5) is 149. The van der Waals surface area contributed by atoms with Crippen LogP contribution in [0.2, 0.25) is 10.0 Å². The van der Waals surface area contributed by atoms with Crippen molar-refractivity contribution in [3.8, 4) is 62.9 Å². The summed E-state index contributed by atoms with van der Waals surface area (Å²) in [6.45, 7) is 4.95. The van der Waals surface area contributed by atoms with Gasteiger partial charge >= 0.3 is 12.0 Å². The zero-order valence-corrected chi connectivity index (χ0v) is 66.0. The Bertz CT molecular complexity index is 4850. The second-order valence-electron chi connectivity index (χ2n) is 32.0. The van der Waals surface area contributed by atoms with Gasteiger partial charge in [0.1, 0.15) is 102 Å². The first kappa shape index (κ1) is 85.4. The molecule has 4 aliphatic carbocycles. The normalized spacial score (nSPS) is 27.6. The van der Waals surface area contributed by atoms with Crippen molar-refractivity contribution in [2.45, 2.75) is 164 Å². The molecule has 34 heteroatoms. The van der Waals surface area contributed by atoms with E-state index in [1.165, 1.54) is 66.7 Å². The lowest BCUT2D eigenvalue weighted by Gasteiger charge is -2.54. The molecule has 0 radical (unpaired) electrons. The van der Waals surface area contributed by atoms with Crippen LogP contribution in [0.15, 0.2) is 103 Å². The number of hydrogen-bond donors (Lipinski definition) is 17. The number of hydrogen-bond acceptors (Lipinski definition) is 25. The maximum Gasteiger partial charge on any atom is 0.325 e. The van der Waals surface area contributed by atoms with E-state index in [1.807, 2.05) is 13.8 Å². The molecule has 4 saturated carbocycles. The van der Waals surface area contributed by atoms with Crippen LogP contribution in [0.1, 0.15) is 149 Å². The van der Waals surface area contributed by atoms with Gasteiger partial charge in [-0.2, -0.15) is 0 Å². The molecule has 0 spiro atoms. The number of nitrogens with one attached hydrogen (secondary N) is 7. The fourth-order valence-corrected chi connectivity index (χ4v) is 18.1. The molecule has 0 aromatic heterocycles. The van der Waals surface area contributed by atoms with Crippen molar-refractivity contribution >= 4 is 87.8 Å². The summed E-state index contributed by atoms with van der Waals surface area (Å²) in [5, 5.41) is 121. The Morgan fingerprint density at radius 2 is 1.31 bits per heavy atom. The monoisotopic (exact) mass is 1670 g/mol. The van der Waals surface area contributed by atoms with Crippen LogP contribution >= 0.6 is 23.2 Å². The third kappa shape index (κ3) is 19.0. The number of aliphatic hydroxyl groups excluding tert-OH is 5. The van der Waals surface area contributed by atoms with Gasteiger partial charge < -0.3 is 107 Å². The SMILES string of the molecule is CC[C@H](CC(C)C)C(=O)N[C@H]1C(=O)C[C@@H](CC(=O)NC(=O)Nc2ccc(OCCNCC(=O)O)cc2)C(=O)N[C@H]2C(=O)C[C@H]3C(=O)N[C@H](C(=O)N[C@H](C(=O)CC4C5CC6CC(C5)CC4C6)c4cc(O)cc(O)c4-c4cc3ccc4O)[C@H](O)c3ccc(c(Cl)c3)Oc3cc2cc(c3O[C@@H]2O[C@H](CN)[C@@H](O)[C@H](O)[C@H]2O)Oc2ccc(cc2Cl)[C@H]1O. The molecule has 10 aliphatic rings. The van der Waals surface area contributed by atoms with E-state index in [2.05, 4.69) is 37.2 Å². The number of phenolic OH excluding ortho intramolecular Hbond substituents is 3. The number of ketones is 3. The number of aromatic hydroxyl groups is 3. The number of carboxylic acid groups (broad SMARTS) is 1. The largest absolute Gasteiger partial charge is 0.508 e. The van der Waals surface area contributed by atoms with Gasteiger partial charge in [0.2, 0.25) is 41.6 Å². The highest BCUT2D eigenvalue weighted by Gasteiger charge is 2.51. The molecule has 16 rings (SSSR count). The molecule has 18 N–H and O–H groups in total. The molecule has 5 fully saturated rings. The smallest absolute Gasteiger partial charge is 0.325 e.